The van der Waals surface area contributed by atoms with Crippen molar-refractivity contribution in [1.82, 2.24) is 10.3 Å². The van der Waals surface area contributed by atoms with E-state index in [1.54, 1.807) is 0 Å². The minimum absolute atomic E-state index is 0.00167. The van der Waals surface area contributed by atoms with Gasteiger partial charge in [-0.3, -0.25) is 9.79 Å². The second-order valence-corrected chi connectivity index (χ2v) is 6.75. The monoisotopic (exact) mass is 283 g/mol. The van der Waals surface area contributed by atoms with Crippen LogP contribution in [0, 0.1) is 5.92 Å². The first kappa shape index (κ1) is 12.3. The molecule has 3 rings (SSSR count). The number of aromatic nitrogens is 1. The molecule has 2 atom stereocenters. The van der Waals surface area contributed by atoms with E-state index in [0.717, 1.165) is 16.8 Å². The Balaban J connectivity index is 1.61. The van der Waals surface area contributed by atoms with Crippen molar-refractivity contribution < 1.29 is 0 Å². The van der Waals surface area contributed by atoms with Gasteiger partial charge in [0, 0.05) is 17.2 Å². The molecule has 98 valence electrons. The van der Waals surface area contributed by atoms with E-state index in [1.165, 1.54) is 42.8 Å². The summed E-state index contributed by atoms with van der Waals surface area (Å²) in [7, 11) is 0. The van der Waals surface area contributed by atoms with Crippen molar-refractivity contribution in [2.45, 2.75) is 38.3 Å². The van der Waals surface area contributed by atoms with Crippen LogP contribution in [0.3, 0.4) is 0 Å². The van der Waals surface area contributed by atoms with Crippen molar-refractivity contribution in [3.05, 3.63) is 20.7 Å². The Morgan fingerprint density at radius 1 is 1.39 bits per heavy atom. The number of thioether (sulfide) groups is 1. The maximum absolute atomic E-state index is 11.0. The molecule has 1 aliphatic heterocycles. The fraction of sp³-hybridized carbons (Fsp3) is 0.667. The molecule has 2 N–H and O–H groups in total. The first-order valence-electron chi connectivity index (χ1n) is 6.42. The molecule has 2 aliphatic rings. The largest absolute Gasteiger partial charge is 0.362 e. The summed E-state index contributed by atoms with van der Waals surface area (Å²) in [4.78, 5) is 18.4. The Morgan fingerprint density at radius 3 is 3.11 bits per heavy atom. The van der Waals surface area contributed by atoms with Crippen molar-refractivity contribution in [3.63, 3.8) is 0 Å². The molecule has 0 radical (unpaired) electrons. The van der Waals surface area contributed by atoms with E-state index in [2.05, 4.69) is 15.3 Å². The summed E-state index contributed by atoms with van der Waals surface area (Å²) in [6.07, 6.45) is 5.35. The van der Waals surface area contributed by atoms with Crippen LogP contribution in [0.4, 0.5) is 0 Å². The Morgan fingerprint density at radius 2 is 2.28 bits per heavy atom. The first-order chi connectivity index (χ1) is 8.81. The molecule has 4 nitrogen and oxygen atoms in total. The van der Waals surface area contributed by atoms with Crippen molar-refractivity contribution in [2.75, 3.05) is 5.75 Å². The Kier molecular flexibility index (Phi) is 3.75. The van der Waals surface area contributed by atoms with Gasteiger partial charge in [-0.1, -0.05) is 35.9 Å². The van der Waals surface area contributed by atoms with Crippen LogP contribution in [0.5, 0.6) is 0 Å². The first-order valence-corrected chi connectivity index (χ1v) is 8.28. The van der Waals surface area contributed by atoms with Crippen molar-refractivity contribution >= 4 is 28.3 Å². The quantitative estimate of drug-likeness (QED) is 0.874. The summed E-state index contributed by atoms with van der Waals surface area (Å²) in [5.74, 6) is 2.01. The molecule has 0 amide bonds. The number of nitrogens with zero attached hydrogens (tertiary/aromatic N) is 1. The average molecular weight is 283 g/mol. The summed E-state index contributed by atoms with van der Waals surface area (Å²) >= 11 is 3.03. The summed E-state index contributed by atoms with van der Waals surface area (Å²) in [5, 5.41) is 6.45. The molecule has 1 saturated heterocycles. The van der Waals surface area contributed by atoms with Gasteiger partial charge in [0.1, 0.15) is 0 Å². The minimum atomic E-state index is 0.00167. The lowest BCUT2D eigenvalue weighted by atomic mass is 9.86. The van der Waals surface area contributed by atoms with Gasteiger partial charge >= 0.3 is 4.87 Å². The van der Waals surface area contributed by atoms with E-state index in [1.807, 2.05) is 17.1 Å². The van der Waals surface area contributed by atoms with Crippen molar-refractivity contribution in [2.24, 2.45) is 10.9 Å². The molecular formula is C12H17N3OS2. The summed E-state index contributed by atoms with van der Waals surface area (Å²) in [6, 6.07) is 0.625. The Bertz CT molecular complexity index is 494. The van der Waals surface area contributed by atoms with Gasteiger partial charge in [-0.25, -0.2) is 0 Å². The maximum atomic E-state index is 11.0. The molecule has 18 heavy (non-hydrogen) atoms. The normalized spacial score (nSPS) is 29.9. The van der Waals surface area contributed by atoms with Gasteiger partial charge in [-0.2, -0.15) is 0 Å². The molecule has 2 fully saturated rings. The van der Waals surface area contributed by atoms with Crippen LogP contribution in [0.1, 0.15) is 31.4 Å². The topological polar surface area (TPSA) is 57.2 Å². The fourth-order valence-corrected chi connectivity index (χ4v) is 4.36. The fourth-order valence-electron chi connectivity index (χ4n) is 2.62. The van der Waals surface area contributed by atoms with E-state index in [9.17, 15) is 4.79 Å². The number of fused-ring (bicyclic) bond motifs is 1. The molecule has 1 aromatic heterocycles. The van der Waals surface area contributed by atoms with Gasteiger partial charge < -0.3 is 10.3 Å². The van der Waals surface area contributed by atoms with Crippen LogP contribution >= 0.6 is 23.1 Å². The number of hydrogen-bond donors (Lipinski definition) is 2. The lowest BCUT2D eigenvalue weighted by Crippen LogP contribution is -2.46. The van der Waals surface area contributed by atoms with Crippen molar-refractivity contribution in [1.29, 1.82) is 0 Å². The third-order valence-electron chi connectivity index (χ3n) is 3.62. The van der Waals surface area contributed by atoms with Gasteiger partial charge in [-0.05, 0) is 18.8 Å². The van der Waals surface area contributed by atoms with Gasteiger partial charge in [0.05, 0.1) is 12.2 Å². The molecule has 6 heteroatoms. The van der Waals surface area contributed by atoms with Gasteiger partial charge in [0.25, 0.3) is 0 Å². The number of hydrogen-bond acceptors (Lipinski definition) is 4. The third kappa shape index (κ3) is 2.80. The smallest absolute Gasteiger partial charge is 0.304 e. The zero-order chi connectivity index (χ0) is 12.4. The van der Waals surface area contributed by atoms with Crippen LogP contribution in [-0.4, -0.2) is 21.9 Å². The lowest BCUT2D eigenvalue weighted by molar-refractivity contribution is 0.311. The highest BCUT2D eigenvalue weighted by Crippen LogP contribution is 2.31. The number of amidine groups is 1. The number of rotatable bonds is 2. The minimum Gasteiger partial charge on any atom is -0.362 e. The van der Waals surface area contributed by atoms with Gasteiger partial charge in [0.15, 0.2) is 5.17 Å². The average Bonchev–Trinajstić information content (AvgIpc) is 2.82. The highest BCUT2D eigenvalue weighted by atomic mass is 32.2. The van der Waals surface area contributed by atoms with E-state index in [-0.39, 0.29) is 4.87 Å². The molecule has 0 spiro atoms. The molecule has 1 aliphatic carbocycles. The van der Waals surface area contributed by atoms with Gasteiger partial charge in [0.2, 0.25) is 0 Å². The molecular weight excluding hydrogens is 266 g/mol. The second-order valence-electron chi connectivity index (χ2n) is 4.90. The second kappa shape index (κ2) is 5.48. The lowest BCUT2D eigenvalue weighted by Gasteiger charge is -2.36. The molecule has 1 aromatic rings. The maximum Gasteiger partial charge on any atom is 0.304 e. The van der Waals surface area contributed by atoms with Crippen LogP contribution in [0.15, 0.2) is 15.2 Å². The Labute approximate surface area is 114 Å². The van der Waals surface area contributed by atoms with E-state index >= 15 is 0 Å². The zero-order valence-electron chi connectivity index (χ0n) is 10.1. The molecule has 2 unspecified atom stereocenters. The predicted octanol–water partition coefficient (Wildman–Crippen LogP) is 2.19. The number of nitrogens with one attached hydrogen (secondary N) is 2. The zero-order valence-corrected chi connectivity index (χ0v) is 11.8. The summed E-state index contributed by atoms with van der Waals surface area (Å²) < 4.78 is 0. The van der Waals surface area contributed by atoms with E-state index < -0.39 is 0 Å². The number of thiazole rings is 1. The van der Waals surface area contributed by atoms with E-state index in [4.69, 9.17) is 0 Å². The standard InChI is InChI=1S/C12H17N3OS2/c16-12-14-9(7-18-12)5-13-11-15-10-4-2-1-3-8(10)6-17-11/h7-8,10H,1-6H2,(H,13,15)(H,14,16). The number of aliphatic imine (C=N–C) groups is 1. The summed E-state index contributed by atoms with van der Waals surface area (Å²) in [5.41, 5.74) is 0.908. The number of H-pyrrole nitrogens is 1. The van der Waals surface area contributed by atoms with Crippen molar-refractivity contribution in [3.8, 4) is 0 Å². The molecule has 2 heterocycles. The molecule has 0 aromatic carbocycles. The van der Waals surface area contributed by atoms with Crippen LogP contribution in [0.25, 0.3) is 0 Å². The Hall–Kier alpha value is -0.750. The highest BCUT2D eigenvalue weighted by Gasteiger charge is 2.30. The van der Waals surface area contributed by atoms with Gasteiger partial charge in [-0.15, -0.1) is 0 Å². The van der Waals surface area contributed by atoms with Crippen LogP contribution in [-0.2, 0) is 6.54 Å². The van der Waals surface area contributed by atoms with E-state index in [0.29, 0.717) is 12.6 Å². The SMILES string of the molecule is O=c1[nH]c(CN=C2NC3CCCCC3CS2)cs1. The number of aromatic amines is 1. The predicted molar refractivity (Wildman–Crippen MR) is 77.4 cm³/mol. The molecule has 0 bridgehead atoms. The highest BCUT2D eigenvalue weighted by molar-refractivity contribution is 8.13. The van der Waals surface area contributed by atoms with Crippen LogP contribution < -0.4 is 10.2 Å². The molecule has 1 saturated carbocycles. The third-order valence-corrected chi connectivity index (χ3v) is 5.45. The van der Waals surface area contributed by atoms with Crippen LogP contribution in [0.2, 0.25) is 0 Å². The summed E-state index contributed by atoms with van der Waals surface area (Å²) in [6.45, 7) is 0.575.